The lowest BCUT2D eigenvalue weighted by molar-refractivity contribution is -0.110. The van der Waals surface area contributed by atoms with E-state index in [1.54, 1.807) is 18.2 Å². The van der Waals surface area contributed by atoms with E-state index in [1.165, 1.54) is 6.08 Å². The van der Waals surface area contributed by atoms with E-state index in [2.05, 4.69) is 11.6 Å². The van der Waals surface area contributed by atoms with Crippen LogP contribution in [-0.4, -0.2) is 15.9 Å². The highest BCUT2D eigenvalue weighted by Crippen LogP contribution is 2.35. The second-order valence-corrected chi connectivity index (χ2v) is 4.97. The van der Waals surface area contributed by atoms with Crippen LogP contribution in [0.5, 0.6) is 0 Å². The molecular weight excluding hydrogens is 274 g/mol. The van der Waals surface area contributed by atoms with Crippen molar-refractivity contribution < 1.29 is 9.90 Å². The molecule has 0 saturated heterocycles. The van der Waals surface area contributed by atoms with Crippen LogP contribution < -0.4 is 0 Å². The summed E-state index contributed by atoms with van der Waals surface area (Å²) >= 11 is 0. The van der Waals surface area contributed by atoms with E-state index in [0.717, 1.165) is 10.9 Å². The smallest absolute Gasteiger partial charge is 0.199 e. The molecule has 0 spiro atoms. The molecule has 0 amide bonds. The van der Waals surface area contributed by atoms with Crippen LogP contribution in [0.4, 0.5) is 0 Å². The minimum Gasteiger partial charge on any atom is -0.506 e. The van der Waals surface area contributed by atoms with Gasteiger partial charge in [-0.05, 0) is 19.1 Å². The molecule has 1 N–H and O–H groups in total. The highest BCUT2D eigenvalue weighted by atomic mass is 16.3. The third-order valence-electron chi connectivity index (χ3n) is 3.65. The van der Waals surface area contributed by atoms with Gasteiger partial charge in [0.2, 0.25) is 0 Å². The maximum absolute atomic E-state index is 12.5. The maximum Gasteiger partial charge on any atom is 0.199 e. The van der Waals surface area contributed by atoms with Gasteiger partial charge in [-0.15, -0.1) is 0 Å². The number of ketones is 1. The summed E-state index contributed by atoms with van der Waals surface area (Å²) in [5.74, 6) is -0.288. The summed E-state index contributed by atoms with van der Waals surface area (Å²) < 4.78 is 0. The Bertz CT molecular complexity index is 885. The molecule has 0 unspecified atom stereocenters. The summed E-state index contributed by atoms with van der Waals surface area (Å²) in [7, 11) is 0. The minimum atomic E-state index is -0.247. The molecule has 0 bridgehead atoms. The number of nitrogens with zero attached hydrogens (tertiary/aromatic N) is 1. The number of carbonyl (C=O) groups is 1. The van der Waals surface area contributed by atoms with Crippen LogP contribution in [0.2, 0.25) is 0 Å². The second kappa shape index (κ2) is 5.45. The van der Waals surface area contributed by atoms with Gasteiger partial charge >= 0.3 is 0 Å². The predicted molar refractivity (Wildman–Crippen MR) is 88.3 cm³/mol. The lowest BCUT2D eigenvalue weighted by Crippen LogP contribution is -2.02. The summed E-state index contributed by atoms with van der Waals surface area (Å²) in [4.78, 5) is 17.0. The van der Waals surface area contributed by atoms with E-state index in [1.807, 2.05) is 37.3 Å². The number of aromatic nitrogens is 1. The zero-order valence-corrected chi connectivity index (χ0v) is 12.2. The van der Waals surface area contributed by atoms with Crippen molar-refractivity contribution in [3.63, 3.8) is 0 Å². The first-order chi connectivity index (χ1) is 10.7. The molecule has 108 valence electrons. The van der Waals surface area contributed by atoms with E-state index >= 15 is 0 Å². The topological polar surface area (TPSA) is 50.2 Å². The van der Waals surface area contributed by atoms with Crippen LogP contribution in [0, 0.1) is 0 Å². The summed E-state index contributed by atoms with van der Waals surface area (Å²) in [5.41, 5.74) is 2.38. The Morgan fingerprint density at radius 1 is 1.14 bits per heavy atom. The van der Waals surface area contributed by atoms with E-state index in [-0.39, 0.29) is 17.1 Å². The van der Waals surface area contributed by atoms with E-state index in [9.17, 15) is 9.90 Å². The van der Waals surface area contributed by atoms with Crippen LogP contribution in [0.3, 0.4) is 0 Å². The number of aliphatic hydroxyl groups excluding tert-OH is 1. The fourth-order valence-electron chi connectivity index (χ4n) is 2.61. The Morgan fingerprint density at radius 3 is 2.64 bits per heavy atom. The highest BCUT2D eigenvalue weighted by Gasteiger charge is 2.31. The Kier molecular flexibility index (Phi) is 3.47. The molecular formula is C19H15NO2. The highest BCUT2D eigenvalue weighted by molar-refractivity contribution is 6.33. The molecule has 1 aromatic heterocycles. The van der Waals surface area contributed by atoms with Crippen molar-refractivity contribution in [1.29, 1.82) is 0 Å². The van der Waals surface area contributed by atoms with Gasteiger partial charge in [0.25, 0.3) is 0 Å². The number of aliphatic hydroxyl groups is 1. The molecule has 0 saturated carbocycles. The number of rotatable bonds is 3. The van der Waals surface area contributed by atoms with Gasteiger partial charge in [-0.1, -0.05) is 49.1 Å². The van der Waals surface area contributed by atoms with Crippen LogP contribution in [0.1, 0.15) is 12.6 Å². The molecule has 3 nitrogen and oxygen atoms in total. The SMILES string of the molecule is C=CC1=C(/C=C\C)C(O)=C(c2ccc3ccccc3n2)C1=O. The lowest BCUT2D eigenvalue weighted by atomic mass is 10.0. The average molecular weight is 289 g/mol. The van der Waals surface area contributed by atoms with Crippen molar-refractivity contribution in [3.05, 3.63) is 83.8 Å². The molecule has 3 rings (SSSR count). The number of para-hydroxylation sites is 1. The van der Waals surface area contributed by atoms with Crippen molar-refractivity contribution >= 4 is 22.3 Å². The van der Waals surface area contributed by atoms with E-state index < -0.39 is 0 Å². The molecule has 22 heavy (non-hydrogen) atoms. The number of Topliss-reactive ketones (excluding diaryl/α,β-unsaturated/α-hetero) is 1. The average Bonchev–Trinajstić information content (AvgIpc) is 2.77. The lowest BCUT2D eigenvalue weighted by Gasteiger charge is -2.04. The largest absolute Gasteiger partial charge is 0.506 e. The zero-order valence-electron chi connectivity index (χ0n) is 12.2. The van der Waals surface area contributed by atoms with Crippen LogP contribution in [-0.2, 0) is 4.79 Å². The maximum atomic E-state index is 12.5. The van der Waals surface area contributed by atoms with Crippen LogP contribution >= 0.6 is 0 Å². The third-order valence-corrected chi connectivity index (χ3v) is 3.65. The van der Waals surface area contributed by atoms with Crippen molar-refractivity contribution in [2.24, 2.45) is 0 Å². The Labute approximate surface area is 128 Å². The van der Waals surface area contributed by atoms with E-state index in [4.69, 9.17) is 0 Å². The number of allylic oxidation sites excluding steroid dienone is 5. The summed E-state index contributed by atoms with van der Waals surface area (Å²) in [5, 5.41) is 11.4. The standard InChI is InChI=1S/C19H15NO2/c1-3-7-14-13(4-2)18(21)17(19(14)22)16-11-10-12-8-5-6-9-15(12)20-16/h3-11,22H,2H2,1H3/b7-3-. The molecule has 1 heterocycles. The summed E-state index contributed by atoms with van der Waals surface area (Å²) in [6.07, 6.45) is 4.96. The molecule has 1 aromatic carbocycles. The van der Waals surface area contributed by atoms with Gasteiger partial charge in [0.1, 0.15) is 5.76 Å². The van der Waals surface area contributed by atoms with Gasteiger partial charge in [-0.25, -0.2) is 4.98 Å². The molecule has 0 fully saturated rings. The fourth-order valence-corrected chi connectivity index (χ4v) is 2.61. The van der Waals surface area contributed by atoms with Gasteiger partial charge in [0.05, 0.1) is 16.8 Å². The number of carbonyl (C=O) groups excluding carboxylic acids is 1. The summed E-state index contributed by atoms with van der Waals surface area (Å²) in [6, 6.07) is 11.3. The molecule has 1 aliphatic carbocycles. The molecule has 0 radical (unpaired) electrons. The normalized spacial score (nSPS) is 15.4. The fraction of sp³-hybridized carbons (Fsp3) is 0.0526. The van der Waals surface area contributed by atoms with Crippen molar-refractivity contribution in [1.82, 2.24) is 4.98 Å². The van der Waals surface area contributed by atoms with Crippen molar-refractivity contribution in [3.8, 4) is 0 Å². The Morgan fingerprint density at radius 2 is 1.91 bits per heavy atom. The molecule has 3 heteroatoms. The zero-order chi connectivity index (χ0) is 15.7. The number of benzene rings is 1. The summed E-state index contributed by atoms with van der Waals surface area (Å²) in [6.45, 7) is 5.50. The van der Waals surface area contributed by atoms with Gasteiger partial charge in [-0.2, -0.15) is 0 Å². The predicted octanol–water partition coefficient (Wildman–Crippen LogP) is 4.15. The van der Waals surface area contributed by atoms with Crippen molar-refractivity contribution in [2.75, 3.05) is 0 Å². The number of pyridine rings is 1. The quantitative estimate of drug-likeness (QED) is 0.923. The van der Waals surface area contributed by atoms with Crippen LogP contribution in [0.25, 0.3) is 16.5 Å². The molecule has 2 aromatic rings. The van der Waals surface area contributed by atoms with Crippen LogP contribution in [0.15, 0.2) is 78.1 Å². The van der Waals surface area contributed by atoms with Gasteiger partial charge in [0, 0.05) is 16.5 Å². The van der Waals surface area contributed by atoms with E-state index in [0.29, 0.717) is 16.8 Å². The molecule has 0 aliphatic heterocycles. The van der Waals surface area contributed by atoms with Crippen molar-refractivity contribution in [2.45, 2.75) is 6.92 Å². The Balaban J connectivity index is 2.18. The number of hydrogen-bond donors (Lipinski definition) is 1. The first kappa shape index (κ1) is 14.0. The number of hydrogen-bond acceptors (Lipinski definition) is 3. The second-order valence-electron chi connectivity index (χ2n) is 4.97. The van der Waals surface area contributed by atoms with Gasteiger partial charge in [-0.3, -0.25) is 4.79 Å². The first-order valence-electron chi connectivity index (χ1n) is 7.01. The number of fused-ring (bicyclic) bond motifs is 1. The molecule has 0 atom stereocenters. The van der Waals surface area contributed by atoms with Gasteiger partial charge in [0.15, 0.2) is 5.78 Å². The first-order valence-corrected chi connectivity index (χ1v) is 7.01. The third kappa shape index (κ3) is 2.07. The molecule has 1 aliphatic rings. The van der Waals surface area contributed by atoms with Gasteiger partial charge < -0.3 is 5.11 Å². The Hall–Kier alpha value is -2.94. The monoisotopic (exact) mass is 289 g/mol. The minimum absolute atomic E-state index is 0.0409.